The van der Waals surface area contributed by atoms with Crippen molar-refractivity contribution in [1.29, 1.82) is 0 Å². The average molecular weight is 262 g/mol. The van der Waals surface area contributed by atoms with Crippen molar-refractivity contribution in [2.24, 2.45) is 11.7 Å². The zero-order chi connectivity index (χ0) is 13.8. The maximum atomic E-state index is 5.47. The van der Waals surface area contributed by atoms with E-state index in [-0.39, 0.29) is 0 Å². The number of allylic oxidation sites excluding steroid dienone is 1. The van der Waals surface area contributed by atoms with Crippen LogP contribution in [0.5, 0.6) is 0 Å². The number of nitrogens with one attached hydrogen (secondary N) is 1. The van der Waals surface area contributed by atoms with Crippen LogP contribution in [0, 0.1) is 17.8 Å². The molecule has 0 amide bonds. The Kier molecular flexibility index (Phi) is 9.27. The zero-order valence-electron chi connectivity index (χ0n) is 12.3. The molecule has 2 heteroatoms. The summed E-state index contributed by atoms with van der Waals surface area (Å²) in [5.41, 5.74) is 6.65. The van der Waals surface area contributed by atoms with Crippen molar-refractivity contribution in [3.63, 3.8) is 0 Å². The topological polar surface area (TPSA) is 38.0 Å². The first kappa shape index (κ1) is 16.1. The number of hydrogen-bond acceptors (Lipinski definition) is 2. The molecule has 0 aromatic carbocycles. The van der Waals surface area contributed by atoms with Gasteiger partial charge in [0, 0.05) is 24.6 Å². The van der Waals surface area contributed by atoms with E-state index in [1.54, 1.807) is 0 Å². The molecule has 0 saturated heterocycles. The van der Waals surface area contributed by atoms with Crippen molar-refractivity contribution in [2.45, 2.75) is 64.2 Å². The molecule has 2 nitrogen and oxygen atoms in total. The highest BCUT2D eigenvalue weighted by Crippen LogP contribution is 2.19. The second-order valence-corrected chi connectivity index (χ2v) is 5.54. The first-order chi connectivity index (χ1) is 9.33. The average Bonchev–Trinajstić information content (AvgIpc) is 2.37. The third-order valence-electron chi connectivity index (χ3n) is 3.71. The summed E-state index contributed by atoms with van der Waals surface area (Å²) in [5, 5.41) is 3.43. The highest BCUT2D eigenvalue weighted by Gasteiger charge is 2.07. The summed E-state index contributed by atoms with van der Waals surface area (Å²) in [6, 6.07) is 0. The lowest BCUT2D eigenvalue weighted by atomic mass is 9.94. The quantitative estimate of drug-likeness (QED) is 0.492. The Morgan fingerprint density at radius 3 is 2.95 bits per heavy atom. The normalized spacial score (nSPS) is 18.9. The van der Waals surface area contributed by atoms with E-state index in [1.807, 2.05) is 0 Å². The molecule has 0 bridgehead atoms. The van der Waals surface area contributed by atoms with E-state index in [1.165, 1.54) is 50.6 Å². The second kappa shape index (κ2) is 10.9. The van der Waals surface area contributed by atoms with E-state index in [0.717, 1.165) is 32.4 Å². The van der Waals surface area contributed by atoms with Crippen molar-refractivity contribution in [2.75, 3.05) is 13.1 Å². The van der Waals surface area contributed by atoms with Crippen molar-refractivity contribution in [3.8, 4) is 11.8 Å². The molecule has 0 heterocycles. The van der Waals surface area contributed by atoms with Crippen LogP contribution in [0.25, 0.3) is 0 Å². The van der Waals surface area contributed by atoms with Crippen LogP contribution in [0.3, 0.4) is 0 Å². The van der Waals surface area contributed by atoms with Gasteiger partial charge in [0.15, 0.2) is 0 Å². The van der Waals surface area contributed by atoms with Crippen LogP contribution in [0.2, 0.25) is 0 Å². The molecular weight excluding hydrogens is 232 g/mol. The molecule has 0 fully saturated rings. The van der Waals surface area contributed by atoms with Gasteiger partial charge in [0.25, 0.3) is 0 Å². The second-order valence-electron chi connectivity index (χ2n) is 5.54. The van der Waals surface area contributed by atoms with Crippen LogP contribution >= 0.6 is 0 Å². The Labute approximate surface area is 119 Å². The van der Waals surface area contributed by atoms with Gasteiger partial charge in [-0.05, 0) is 45.1 Å². The molecular formula is C17H30N2. The molecule has 1 unspecified atom stereocenters. The molecule has 0 saturated carbocycles. The van der Waals surface area contributed by atoms with Crippen LogP contribution < -0.4 is 11.1 Å². The lowest BCUT2D eigenvalue weighted by Crippen LogP contribution is -2.15. The lowest BCUT2D eigenvalue weighted by molar-refractivity contribution is 0.502. The van der Waals surface area contributed by atoms with Crippen molar-refractivity contribution in [3.05, 3.63) is 12.3 Å². The van der Waals surface area contributed by atoms with Gasteiger partial charge in [0.1, 0.15) is 0 Å². The van der Waals surface area contributed by atoms with Crippen LogP contribution in [0.15, 0.2) is 12.3 Å². The fourth-order valence-electron chi connectivity index (χ4n) is 2.43. The highest BCUT2D eigenvalue weighted by atomic mass is 14.9. The lowest BCUT2D eigenvalue weighted by Gasteiger charge is -2.14. The maximum Gasteiger partial charge on any atom is 0.0206 e. The Balaban J connectivity index is 2.08. The monoisotopic (exact) mass is 262 g/mol. The summed E-state index contributed by atoms with van der Waals surface area (Å²) >= 11 is 0. The Morgan fingerprint density at radius 2 is 2.11 bits per heavy atom. The molecule has 1 rings (SSSR count). The van der Waals surface area contributed by atoms with E-state index in [2.05, 4.69) is 23.7 Å². The van der Waals surface area contributed by atoms with Crippen molar-refractivity contribution < 1.29 is 0 Å². The van der Waals surface area contributed by atoms with Crippen LogP contribution in [-0.4, -0.2) is 13.1 Å². The molecule has 0 radical (unpaired) electrons. The SMILES string of the molecule is C=C(CCC1C#CCCCCC1)NCCCCCN. The van der Waals surface area contributed by atoms with Gasteiger partial charge >= 0.3 is 0 Å². The molecule has 3 N–H and O–H groups in total. The predicted octanol–water partition coefficient (Wildman–Crippen LogP) is 3.58. The predicted molar refractivity (Wildman–Crippen MR) is 83.6 cm³/mol. The Morgan fingerprint density at radius 1 is 1.21 bits per heavy atom. The minimum atomic E-state index is 0.594. The maximum absolute atomic E-state index is 5.47. The first-order valence-corrected chi connectivity index (χ1v) is 7.93. The number of rotatable bonds is 9. The third kappa shape index (κ3) is 8.72. The summed E-state index contributed by atoms with van der Waals surface area (Å²) in [7, 11) is 0. The smallest absolute Gasteiger partial charge is 0.0206 e. The minimum absolute atomic E-state index is 0.594. The summed E-state index contributed by atoms with van der Waals surface area (Å²) in [6.45, 7) is 5.96. The van der Waals surface area contributed by atoms with Gasteiger partial charge in [-0.3, -0.25) is 0 Å². The first-order valence-electron chi connectivity index (χ1n) is 7.93. The molecule has 1 aliphatic carbocycles. The molecule has 1 atom stereocenters. The van der Waals surface area contributed by atoms with Crippen LogP contribution in [0.4, 0.5) is 0 Å². The largest absolute Gasteiger partial charge is 0.389 e. The summed E-state index contributed by atoms with van der Waals surface area (Å²) in [4.78, 5) is 0. The molecule has 108 valence electrons. The summed E-state index contributed by atoms with van der Waals surface area (Å²) < 4.78 is 0. The fourth-order valence-corrected chi connectivity index (χ4v) is 2.43. The Bertz CT molecular complexity index is 298. The van der Waals surface area contributed by atoms with Gasteiger partial charge in [0.2, 0.25) is 0 Å². The van der Waals surface area contributed by atoms with Gasteiger partial charge in [0.05, 0.1) is 0 Å². The van der Waals surface area contributed by atoms with E-state index >= 15 is 0 Å². The zero-order valence-corrected chi connectivity index (χ0v) is 12.3. The van der Waals surface area contributed by atoms with Gasteiger partial charge in [-0.1, -0.05) is 31.8 Å². The van der Waals surface area contributed by atoms with Gasteiger partial charge in [-0.15, -0.1) is 5.92 Å². The van der Waals surface area contributed by atoms with Gasteiger partial charge < -0.3 is 11.1 Å². The van der Waals surface area contributed by atoms with Crippen LogP contribution in [0.1, 0.15) is 64.2 Å². The fraction of sp³-hybridized carbons (Fsp3) is 0.765. The Hall–Kier alpha value is -0.940. The van der Waals surface area contributed by atoms with Crippen LogP contribution in [-0.2, 0) is 0 Å². The molecule has 19 heavy (non-hydrogen) atoms. The van der Waals surface area contributed by atoms with Gasteiger partial charge in [-0.25, -0.2) is 0 Å². The standard InChI is InChI=1S/C17H30N2/c1-16(19-15-9-5-8-14-18)12-13-17-10-6-3-2-4-7-11-17/h17,19H,1-6,8-10,12-15,18H2. The van der Waals surface area contributed by atoms with E-state index in [9.17, 15) is 0 Å². The summed E-state index contributed by atoms with van der Waals surface area (Å²) in [5.74, 6) is 7.34. The molecule has 1 aliphatic rings. The highest BCUT2D eigenvalue weighted by molar-refractivity contribution is 5.05. The van der Waals surface area contributed by atoms with Gasteiger partial charge in [-0.2, -0.15) is 0 Å². The van der Waals surface area contributed by atoms with E-state index < -0.39 is 0 Å². The number of unbranched alkanes of at least 4 members (excludes halogenated alkanes) is 2. The molecule has 0 aliphatic heterocycles. The van der Waals surface area contributed by atoms with Crippen molar-refractivity contribution in [1.82, 2.24) is 5.32 Å². The van der Waals surface area contributed by atoms with E-state index in [0.29, 0.717) is 5.92 Å². The third-order valence-corrected chi connectivity index (χ3v) is 3.71. The molecule has 0 aromatic heterocycles. The number of nitrogens with two attached hydrogens (primary N) is 1. The van der Waals surface area contributed by atoms with Crippen molar-refractivity contribution >= 4 is 0 Å². The molecule has 0 spiro atoms. The number of hydrogen-bond donors (Lipinski definition) is 2. The summed E-state index contributed by atoms with van der Waals surface area (Å²) in [6.07, 6.45) is 12.1. The minimum Gasteiger partial charge on any atom is -0.389 e. The van der Waals surface area contributed by atoms with E-state index in [4.69, 9.17) is 5.73 Å². The molecule has 0 aromatic rings.